The molecule has 1 aromatic rings. The monoisotopic (exact) mass is 290 g/mol. The summed E-state index contributed by atoms with van der Waals surface area (Å²) in [5.74, 6) is 2.43. The molecule has 0 spiro atoms. The van der Waals surface area contributed by atoms with Crippen molar-refractivity contribution in [3.05, 3.63) is 35.9 Å². The van der Waals surface area contributed by atoms with Crippen LogP contribution >= 0.6 is 0 Å². The highest BCUT2D eigenvalue weighted by molar-refractivity contribution is 5.24. The van der Waals surface area contributed by atoms with E-state index in [1.165, 1.54) is 37.7 Å². The minimum absolute atomic E-state index is 0.0989. The van der Waals surface area contributed by atoms with Gasteiger partial charge in [0.15, 0.2) is 0 Å². The van der Waals surface area contributed by atoms with Gasteiger partial charge in [0.2, 0.25) is 0 Å². The fourth-order valence-corrected chi connectivity index (χ4v) is 6.14. The molecule has 0 amide bonds. The Balaban J connectivity index is 1.77. The van der Waals surface area contributed by atoms with E-state index in [0.29, 0.717) is 11.8 Å². The van der Waals surface area contributed by atoms with E-state index in [-0.39, 0.29) is 5.41 Å². The molecule has 2 heteroatoms. The topological polar surface area (TPSA) is 47.6 Å². The zero-order valence-electron chi connectivity index (χ0n) is 12.9. The fourth-order valence-electron chi connectivity index (χ4n) is 6.14. The highest BCUT2D eigenvalue weighted by Gasteiger charge is 2.60. The lowest BCUT2D eigenvalue weighted by atomic mass is 9.41. The molecule has 1 aromatic carbocycles. The summed E-state index contributed by atoms with van der Waals surface area (Å²) in [7, 11) is 0. The van der Waals surface area contributed by atoms with E-state index < -0.39 is 5.92 Å². The predicted octanol–water partition coefficient (Wildman–Crippen LogP) is 4.33. The number of hydrogen-bond acceptors (Lipinski definition) is 2. The molecule has 112 valence electrons. The number of benzene rings is 1. The van der Waals surface area contributed by atoms with Gasteiger partial charge in [0.05, 0.1) is 12.1 Å². The zero-order chi connectivity index (χ0) is 15.2. The van der Waals surface area contributed by atoms with Crippen LogP contribution in [0.15, 0.2) is 30.3 Å². The molecular formula is C20H22N2. The minimum atomic E-state index is -0.456. The molecular weight excluding hydrogens is 268 g/mol. The van der Waals surface area contributed by atoms with Crippen molar-refractivity contribution in [3.8, 4) is 12.1 Å². The second-order valence-electron chi connectivity index (χ2n) is 7.77. The summed E-state index contributed by atoms with van der Waals surface area (Å²) in [6, 6.07) is 15.3. The lowest BCUT2D eigenvalue weighted by Crippen LogP contribution is -2.56. The van der Waals surface area contributed by atoms with Crippen molar-refractivity contribution in [2.45, 2.75) is 38.5 Å². The first-order valence-corrected chi connectivity index (χ1v) is 8.59. The summed E-state index contributed by atoms with van der Waals surface area (Å²) in [4.78, 5) is 0. The van der Waals surface area contributed by atoms with Crippen molar-refractivity contribution in [1.82, 2.24) is 0 Å². The van der Waals surface area contributed by atoms with Crippen molar-refractivity contribution in [2.75, 3.05) is 0 Å². The maximum atomic E-state index is 9.68. The van der Waals surface area contributed by atoms with Crippen molar-refractivity contribution < 1.29 is 0 Å². The lowest BCUT2D eigenvalue weighted by Gasteiger charge is -2.62. The third-order valence-electron chi connectivity index (χ3n) is 6.81. The highest BCUT2D eigenvalue weighted by Crippen LogP contribution is 2.65. The molecule has 0 aliphatic heterocycles. The van der Waals surface area contributed by atoms with Gasteiger partial charge in [0, 0.05) is 5.41 Å². The van der Waals surface area contributed by atoms with Gasteiger partial charge in [-0.25, -0.2) is 0 Å². The van der Waals surface area contributed by atoms with Crippen LogP contribution in [0.5, 0.6) is 0 Å². The van der Waals surface area contributed by atoms with Gasteiger partial charge >= 0.3 is 0 Å². The average molecular weight is 290 g/mol. The molecule has 4 fully saturated rings. The van der Waals surface area contributed by atoms with E-state index in [1.54, 1.807) is 0 Å². The lowest BCUT2D eigenvalue weighted by molar-refractivity contribution is -0.120. The molecule has 0 saturated heterocycles. The highest BCUT2D eigenvalue weighted by atomic mass is 14.6. The SMILES string of the molecule is N#CC(C#N)C1(Cc2ccccc2)C2CC3CC(C2)CC1C3. The predicted molar refractivity (Wildman–Crippen MR) is 84.3 cm³/mol. The summed E-state index contributed by atoms with van der Waals surface area (Å²) in [6.45, 7) is 0. The molecule has 4 aliphatic rings. The number of nitrogens with zero attached hydrogens (tertiary/aromatic N) is 2. The summed E-state index contributed by atoms with van der Waals surface area (Å²) < 4.78 is 0. The van der Waals surface area contributed by atoms with Gasteiger partial charge < -0.3 is 0 Å². The van der Waals surface area contributed by atoms with Gasteiger partial charge in [-0.15, -0.1) is 0 Å². The third kappa shape index (κ3) is 1.90. The summed E-state index contributed by atoms with van der Waals surface area (Å²) in [5, 5.41) is 19.4. The van der Waals surface area contributed by atoms with Crippen LogP contribution in [0, 0.1) is 57.7 Å². The summed E-state index contributed by atoms with van der Waals surface area (Å²) in [5.41, 5.74) is 1.20. The summed E-state index contributed by atoms with van der Waals surface area (Å²) in [6.07, 6.45) is 7.31. The Hall–Kier alpha value is -1.80. The number of hydrogen-bond donors (Lipinski definition) is 0. The van der Waals surface area contributed by atoms with Gasteiger partial charge in [-0.3, -0.25) is 0 Å². The smallest absolute Gasteiger partial charge is 0.139 e. The van der Waals surface area contributed by atoms with Crippen molar-refractivity contribution in [2.24, 2.45) is 35.0 Å². The zero-order valence-corrected chi connectivity index (χ0v) is 12.9. The van der Waals surface area contributed by atoms with Crippen LogP contribution in [0.4, 0.5) is 0 Å². The van der Waals surface area contributed by atoms with E-state index >= 15 is 0 Å². The van der Waals surface area contributed by atoms with Gasteiger partial charge in [0.25, 0.3) is 0 Å². The van der Waals surface area contributed by atoms with Gasteiger partial charge in [-0.1, -0.05) is 30.3 Å². The molecule has 0 unspecified atom stereocenters. The van der Waals surface area contributed by atoms with Crippen LogP contribution in [0.2, 0.25) is 0 Å². The van der Waals surface area contributed by atoms with E-state index in [4.69, 9.17) is 0 Å². The van der Waals surface area contributed by atoms with E-state index in [9.17, 15) is 10.5 Å². The molecule has 22 heavy (non-hydrogen) atoms. The maximum absolute atomic E-state index is 9.68. The van der Waals surface area contributed by atoms with Gasteiger partial charge in [0.1, 0.15) is 5.92 Å². The Morgan fingerprint density at radius 1 is 0.909 bits per heavy atom. The molecule has 0 aromatic heterocycles. The second kappa shape index (κ2) is 5.13. The molecule has 0 N–H and O–H groups in total. The molecule has 4 bridgehead atoms. The average Bonchev–Trinajstić information content (AvgIpc) is 2.53. The van der Waals surface area contributed by atoms with Crippen LogP contribution in [0.3, 0.4) is 0 Å². The standard InChI is InChI=1S/C20H22N2/c21-12-19(13-22)20(11-14-4-2-1-3-5-14)17-7-15-6-16(9-17)10-18(20)8-15/h1-5,15-19H,6-11H2. The number of nitriles is 2. The molecule has 4 aliphatic carbocycles. The maximum Gasteiger partial charge on any atom is 0.139 e. The van der Waals surface area contributed by atoms with Crippen molar-refractivity contribution in [3.63, 3.8) is 0 Å². The Kier molecular flexibility index (Phi) is 3.23. The Labute approximate surface area is 132 Å². The van der Waals surface area contributed by atoms with E-state index in [0.717, 1.165) is 18.3 Å². The van der Waals surface area contributed by atoms with Crippen molar-refractivity contribution in [1.29, 1.82) is 10.5 Å². The first-order chi connectivity index (χ1) is 10.8. The van der Waals surface area contributed by atoms with E-state index in [2.05, 4.69) is 36.4 Å². The van der Waals surface area contributed by atoms with Crippen LogP contribution in [-0.2, 0) is 6.42 Å². The van der Waals surface area contributed by atoms with Crippen LogP contribution in [-0.4, -0.2) is 0 Å². The van der Waals surface area contributed by atoms with Crippen LogP contribution < -0.4 is 0 Å². The molecule has 0 heterocycles. The molecule has 0 atom stereocenters. The van der Waals surface area contributed by atoms with Crippen molar-refractivity contribution >= 4 is 0 Å². The first kappa shape index (κ1) is 13.8. The fraction of sp³-hybridized carbons (Fsp3) is 0.600. The first-order valence-electron chi connectivity index (χ1n) is 8.59. The van der Waals surface area contributed by atoms with E-state index in [1.807, 2.05) is 6.07 Å². The quantitative estimate of drug-likeness (QED) is 0.831. The van der Waals surface area contributed by atoms with Gasteiger partial charge in [-0.2, -0.15) is 10.5 Å². The largest absolute Gasteiger partial charge is 0.197 e. The Bertz CT molecular complexity index is 592. The number of rotatable bonds is 3. The Morgan fingerprint density at radius 2 is 1.45 bits per heavy atom. The normalized spacial score (nSPS) is 38.7. The van der Waals surface area contributed by atoms with Gasteiger partial charge in [-0.05, 0) is 67.8 Å². The molecule has 2 nitrogen and oxygen atoms in total. The van der Waals surface area contributed by atoms with Crippen LogP contribution in [0.25, 0.3) is 0 Å². The second-order valence-corrected chi connectivity index (χ2v) is 7.77. The molecule has 0 radical (unpaired) electrons. The molecule has 4 saturated carbocycles. The Morgan fingerprint density at radius 3 is 1.95 bits per heavy atom. The third-order valence-corrected chi connectivity index (χ3v) is 6.81. The summed E-state index contributed by atoms with van der Waals surface area (Å²) >= 11 is 0. The van der Waals surface area contributed by atoms with Crippen LogP contribution in [0.1, 0.15) is 37.7 Å². The minimum Gasteiger partial charge on any atom is -0.197 e. The molecule has 5 rings (SSSR count).